The Hall–Kier alpha value is -2.50. The number of aryl methyl sites for hydroxylation is 1. The highest BCUT2D eigenvalue weighted by atomic mass is 19.1. The number of rotatable bonds is 8. The average molecular weight is 437 g/mol. The molecule has 2 aromatic carbocycles. The van der Waals surface area contributed by atoms with E-state index in [1.54, 1.807) is 18.2 Å². The Bertz CT molecular complexity index is 890. The standard InChI is InChI=1S/C27H33FN2O2/c28-24-11-8-23(9-12-24)10-13-26(31)29-21-25-14-15-27(32-25)16-19-30(20-17-27)18-4-7-22-5-2-1-3-6-22/h1-3,5-6,8-13,25H,4,7,14-21H2,(H,29,31)/b13-10+. The molecule has 1 amide bonds. The third kappa shape index (κ3) is 6.50. The summed E-state index contributed by atoms with van der Waals surface area (Å²) in [5, 5.41) is 2.95. The maximum atomic E-state index is 13.0. The number of hydrogen-bond donors (Lipinski definition) is 1. The smallest absolute Gasteiger partial charge is 0.244 e. The van der Waals surface area contributed by atoms with Crippen LogP contribution < -0.4 is 5.32 Å². The molecule has 32 heavy (non-hydrogen) atoms. The van der Waals surface area contributed by atoms with Gasteiger partial charge in [-0.3, -0.25) is 4.79 Å². The molecule has 170 valence electrons. The van der Waals surface area contributed by atoms with Gasteiger partial charge in [0.15, 0.2) is 0 Å². The van der Waals surface area contributed by atoms with E-state index in [0.717, 1.165) is 57.3 Å². The number of carbonyl (C=O) groups is 1. The number of halogens is 1. The highest BCUT2D eigenvalue weighted by Crippen LogP contribution is 2.38. The molecule has 0 aliphatic carbocycles. The van der Waals surface area contributed by atoms with Crippen molar-refractivity contribution in [3.8, 4) is 0 Å². The number of nitrogens with zero attached hydrogens (tertiary/aromatic N) is 1. The van der Waals surface area contributed by atoms with Gasteiger partial charge in [-0.1, -0.05) is 42.5 Å². The summed E-state index contributed by atoms with van der Waals surface area (Å²) in [5.41, 5.74) is 2.21. The van der Waals surface area contributed by atoms with Gasteiger partial charge in [0.1, 0.15) is 5.82 Å². The quantitative estimate of drug-likeness (QED) is 0.615. The fourth-order valence-corrected chi connectivity index (χ4v) is 4.76. The lowest BCUT2D eigenvalue weighted by molar-refractivity contribution is -0.118. The topological polar surface area (TPSA) is 41.6 Å². The number of nitrogens with one attached hydrogen (secondary N) is 1. The van der Waals surface area contributed by atoms with Gasteiger partial charge >= 0.3 is 0 Å². The van der Waals surface area contributed by atoms with Crippen LogP contribution in [0.5, 0.6) is 0 Å². The van der Waals surface area contributed by atoms with Crippen LogP contribution >= 0.6 is 0 Å². The molecule has 4 rings (SSSR count). The van der Waals surface area contributed by atoms with E-state index in [0.29, 0.717) is 6.54 Å². The molecule has 2 heterocycles. The van der Waals surface area contributed by atoms with Crippen LogP contribution in [-0.4, -0.2) is 48.7 Å². The van der Waals surface area contributed by atoms with E-state index in [1.807, 2.05) is 0 Å². The van der Waals surface area contributed by atoms with E-state index in [2.05, 4.69) is 40.5 Å². The first kappa shape index (κ1) is 22.7. The minimum Gasteiger partial charge on any atom is -0.370 e. The third-order valence-corrected chi connectivity index (χ3v) is 6.69. The lowest BCUT2D eigenvalue weighted by Crippen LogP contribution is -2.45. The van der Waals surface area contributed by atoms with Crippen molar-refractivity contribution < 1.29 is 13.9 Å². The van der Waals surface area contributed by atoms with Crippen molar-refractivity contribution in [3.63, 3.8) is 0 Å². The maximum Gasteiger partial charge on any atom is 0.244 e. The molecule has 0 saturated carbocycles. The lowest BCUT2D eigenvalue weighted by atomic mass is 9.88. The second-order valence-electron chi connectivity index (χ2n) is 9.02. The molecule has 2 aliphatic rings. The molecule has 2 fully saturated rings. The zero-order valence-electron chi connectivity index (χ0n) is 18.6. The molecule has 0 aromatic heterocycles. The van der Waals surface area contributed by atoms with Crippen molar-refractivity contribution in [2.45, 2.75) is 50.2 Å². The molecule has 1 unspecified atom stereocenters. The summed E-state index contributed by atoms with van der Waals surface area (Å²) in [6.07, 6.45) is 9.83. The van der Waals surface area contributed by atoms with Crippen LogP contribution in [0.2, 0.25) is 0 Å². The van der Waals surface area contributed by atoms with Crippen molar-refractivity contribution in [2.24, 2.45) is 0 Å². The number of benzene rings is 2. The number of amides is 1. The Morgan fingerprint density at radius 3 is 2.59 bits per heavy atom. The second kappa shape index (κ2) is 10.9. The van der Waals surface area contributed by atoms with E-state index in [4.69, 9.17) is 4.74 Å². The Morgan fingerprint density at radius 2 is 1.84 bits per heavy atom. The summed E-state index contributed by atoms with van der Waals surface area (Å²) in [4.78, 5) is 14.7. The Balaban J connectivity index is 1.14. The summed E-state index contributed by atoms with van der Waals surface area (Å²) in [7, 11) is 0. The molecule has 4 nitrogen and oxygen atoms in total. The minimum atomic E-state index is -0.281. The fraction of sp³-hybridized carbons (Fsp3) is 0.444. The number of piperidine rings is 1. The van der Waals surface area contributed by atoms with Crippen molar-refractivity contribution in [2.75, 3.05) is 26.2 Å². The van der Waals surface area contributed by atoms with Gasteiger partial charge in [-0.05, 0) is 74.4 Å². The molecule has 1 atom stereocenters. The summed E-state index contributed by atoms with van der Waals surface area (Å²) in [6.45, 7) is 3.86. The first-order valence-corrected chi connectivity index (χ1v) is 11.8. The van der Waals surface area contributed by atoms with Crippen LogP contribution in [0.4, 0.5) is 4.39 Å². The normalized spacial score (nSPS) is 20.7. The molecule has 1 spiro atoms. The van der Waals surface area contributed by atoms with E-state index < -0.39 is 0 Å². The van der Waals surface area contributed by atoms with Crippen molar-refractivity contribution in [3.05, 3.63) is 77.6 Å². The minimum absolute atomic E-state index is 0.00469. The van der Waals surface area contributed by atoms with Crippen molar-refractivity contribution in [1.29, 1.82) is 0 Å². The van der Waals surface area contributed by atoms with E-state index >= 15 is 0 Å². The Labute approximate surface area is 190 Å². The summed E-state index contributed by atoms with van der Waals surface area (Å²) in [5.74, 6) is -0.427. The highest BCUT2D eigenvalue weighted by Gasteiger charge is 2.42. The van der Waals surface area contributed by atoms with Crippen LogP contribution in [0.3, 0.4) is 0 Å². The third-order valence-electron chi connectivity index (χ3n) is 6.69. The molecule has 0 bridgehead atoms. The molecule has 1 N–H and O–H groups in total. The largest absolute Gasteiger partial charge is 0.370 e. The van der Waals surface area contributed by atoms with Crippen LogP contribution in [0.25, 0.3) is 6.08 Å². The molecule has 2 saturated heterocycles. The summed E-state index contributed by atoms with van der Waals surface area (Å²) < 4.78 is 19.4. The van der Waals surface area contributed by atoms with E-state index in [9.17, 15) is 9.18 Å². The summed E-state index contributed by atoms with van der Waals surface area (Å²) >= 11 is 0. The maximum absolute atomic E-state index is 13.0. The molecule has 5 heteroatoms. The predicted molar refractivity (Wildman–Crippen MR) is 126 cm³/mol. The number of carbonyl (C=O) groups excluding carboxylic acids is 1. The van der Waals surface area contributed by atoms with Gasteiger partial charge in [-0.2, -0.15) is 0 Å². The number of hydrogen-bond acceptors (Lipinski definition) is 3. The zero-order chi connectivity index (χ0) is 22.2. The van der Waals surface area contributed by atoms with Gasteiger partial charge in [0.25, 0.3) is 0 Å². The highest BCUT2D eigenvalue weighted by molar-refractivity contribution is 5.91. The predicted octanol–water partition coefficient (Wildman–Crippen LogP) is 4.60. The van der Waals surface area contributed by atoms with Gasteiger partial charge in [0.05, 0.1) is 11.7 Å². The van der Waals surface area contributed by atoms with Crippen LogP contribution in [0.1, 0.15) is 43.2 Å². The monoisotopic (exact) mass is 436 g/mol. The van der Waals surface area contributed by atoms with E-state index in [-0.39, 0.29) is 23.4 Å². The van der Waals surface area contributed by atoms with E-state index in [1.165, 1.54) is 30.2 Å². The number of ether oxygens (including phenoxy) is 1. The van der Waals surface area contributed by atoms with Crippen molar-refractivity contribution in [1.82, 2.24) is 10.2 Å². The molecular weight excluding hydrogens is 403 g/mol. The average Bonchev–Trinajstić information content (AvgIpc) is 3.22. The Morgan fingerprint density at radius 1 is 1.09 bits per heavy atom. The van der Waals surface area contributed by atoms with Gasteiger partial charge < -0.3 is 15.0 Å². The fourth-order valence-electron chi connectivity index (χ4n) is 4.76. The summed E-state index contributed by atoms with van der Waals surface area (Å²) in [6, 6.07) is 16.8. The second-order valence-corrected chi connectivity index (χ2v) is 9.02. The van der Waals surface area contributed by atoms with Gasteiger partial charge in [-0.15, -0.1) is 0 Å². The molecule has 2 aliphatic heterocycles. The van der Waals surface area contributed by atoms with Crippen molar-refractivity contribution >= 4 is 12.0 Å². The lowest BCUT2D eigenvalue weighted by Gasteiger charge is -2.39. The molecular formula is C27H33FN2O2. The molecule has 2 aromatic rings. The Kier molecular flexibility index (Phi) is 7.72. The van der Waals surface area contributed by atoms with Crippen LogP contribution in [-0.2, 0) is 16.0 Å². The SMILES string of the molecule is O=C(/C=C/c1ccc(F)cc1)NCC1CCC2(CCN(CCCc3ccccc3)CC2)O1. The molecule has 0 radical (unpaired) electrons. The van der Waals surface area contributed by atoms with Crippen LogP contribution in [0.15, 0.2) is 60.7 Å². The van der Waals surface area contributed by atoms with Gasteiger partial charge in [-0.25, -0.2) is 4.39 Å². The van der Waals surface area contributed by atoms with Crippen LogP contribution in [0, 0.1) is 5.82 Å². The first-order chi connectivity index (χ1) is 15.6. The van der Waals surface area contributed by atoms with Gasteiger partial charge in [0, 0.05) is 25.7 Å². The zero-order valence-corrected chi connectivity index (χ0v) is 18.6. The number of likely N-dealkylation sites (tertiary alicyclic amines) is 1. The van der Waals surface area contributed by atoms with Gasteiger partial charge in [0.2, 0.25) is 5.91 Å². The first-order valence-electron chi connectivity index (χ1n) is 11.8.